The van der Waals surface area contributed by atoms with E-state index >= 15 is 0 Å². The van der Waals surface area contributed by atoms with Gasteiger partial charge in [-0.25, -0.2) is 8.78 Å². The Morgan fingerprint density at radius 3 is 2.71 bits per heavy atom. The maximum absolute atomic E-state index is 13.7. The molecule has 1 nitrogen and oxygen atoms in total. The Kier molecular flexibility index (Phi) is 5.59. The van der Waals surface area contributed by atoms with Crippen LogP contribution < -0.4 is 4.74 Å². The fourth-order valence-electron chi connectivity index (χ4n) is 1.69. The molecule has 2 aromatic rings. The second-order valence-corrected chi connectivity index (χ2v) is 4.68. The van der Waals surface area contributed by atoms with E-state index in [0.717, 1.165) is 0 Å². The van der Waals surface area contributed by atoms with Gasteiger partial charge in [-0.2, -0.15) is 0 Å². The number of ether oxygens (including phenoxy) is 1. The maximum atomic E-state index is 13.7. The van der Waals surface area contributed by atoms with Gasteiger partial charge in [-0.05, 0) is 35.9 Å². The van der Waals surface area contributed by atoms with Gasteiger partial charge >= 0.3 is 0 Å². The van der Waals surface area contributed by atoms with Crippen LogP contribution in [0.1, 0.15) is 17.5 Å². The summed E-state index contributed by atoms with van der Waals surface area (Å²) < 4.78 is 32.1. The molecule has 0 aliphatic carbocycles. The summed E-state index contributed by atoms with van der Waals surface area (Å²) >= 11 is 5.54. The quantitative estimate of drug-likeness (QED) is 0.596. The molecule has 0 bridgehead atoms. The topological polar surface area (TPSA) is 9.23 Å². The molecule has 0 aliphatic heterocycles. The summed E-state index contributed by atoms with van der Waals surface area (Å²) in [6.45, 7) is 0.0905. The third-order valence-corrected chi connectivity index (χ3v) is 2.86. The van der Waals surface area contributed by atoms with Crippen LogP contribution in [0, 0.1) is 23.5 Å². The Labute approximate surface area is 127 Å². The van der Waals surface area contributed by atoms with Crippen LogP contribution in [0.15, 0.2) is 42.5 Å². The smallest absolute Gasteiger partial charge is 0.165 e. The fourth-order valence-corrected chi connectivity index (χ4v) is 1.79. The first-order chi connectivity index (χ1) is 10.2. The van der Waals surface area contributed by atoms with Gasteiger partial charge in [-0.3, -0.25) is 0 Å². The predicted octanol–water partition coefficient (Wildman–Crippen LogP) is 4.52. The molecule has 0 N–H and O–H groups in total. The van der Waals surface area contributed by atoms with Crippen molar-refractivity contribution in [3.05, 3.63) is 65.2 Å². The molecule has 108 valence electrons. The van der Waals surface area contributed by atoms with E-state index in [0.29, 0.717) is 23.4 Å². The Hall–Kier alpha value is -2.05. The highest BCUT2D eigenvalue weighted by atomic mass is 35.5. The Morgan fingerprint density at radius 2 is 1.95 bits per heavy atom. The van der Waals surface area contributed by atoms with Crippen molar-refractivity contribution in [2.45, 2.75) is 13.0 Å². The van der Waals surface area contributed by atoms with Crippen molar-refractivity contribution in [3.8, 4) is 17.6 Å². The van der Waals surface area contributed by atoms with Crippen molar-refractivity contribution in [2.75, 3.05) is 5.88 Å². The van der Waals surface area contributed by atoms with E-state index in [2.05, 4.69) is 11.8 Å². The summed E-state index contributed by atoms with van der Waals surface area (Å²) in [5, 5.41) is 0. The van der Waals surface area contributed by atoms with E-state index in [9.17, 15) is 8.78 Å². The number of hydrogen-bond donors (Lipinski definition) is 0. The summed E-state index contributed by atoms with van der Waals surface area (Å²) in [6, 6.07) is 10.4. The van der Waals surface area contributed by atoms with Gasteiger partial charge in [-0.1, -0.05) is 24.0 Å². The van der Waals surface area contributed by atoms with Crippen molar-refractivity contribution in [1.29, 1.82) is 0 Å². The SMILES string of the molecule is Fc1cccc(COc2cc(C#CCCCl)ccc2F)c1. The Morgan fingerprint density at radius 1 is 1.10 bits per heavy atom. The standard InChI is InChI=1S/C17H13ClF2O/c18-9-2-1-4-13-7-8-16(20)17(11-13)21-12-14-5-3-6-15(19)10-14/h3,5-8,10-11H,2,9,12H2. The first kappa shape index (κ1) is 15.3. The molecule has 0 spiro atoms. The van der Waals surface area contributed by atoms with Gasteiger partial charge in [0.05, 0.1) is 0 Å². The number of benzene rings is 2. The lowest BCUT2D eigenvalue weighted by atomic mass is 10.2. The highest BCUT2D eigenvalue weighted by molar-refractivity contribution is 6.18. The summed E-state index contributed by atoms with van der Waals surface area (Å²) in [7, 11) is 0. The maximum Gasteiger partial charge on any atom is 0.165 e. The minimum Gasteiger partial charge on any atom is -0.486 e. The van der Waals surface area contributed by atoms with Crippen LogP contribution in [0.25, 0.3) is 0 Å². The van der Waals surface area contributed by atoms with E-state index < -0.39 is 5.82 Å². The second kappa shape index (κ2) is 7.66. The second-order valence-electron chi connectivity index (χ2n) is 4.30. The van der Waals surface area contributed by atoms with E-state index in [1.54, 1.807) is 18.2 Å². The molecule has 0 heterocycles. The van der Waals surface area contributed by atoms with Crippen LogP contribution >= 0.6 is 11.6 Å². The van der Waals surface area contributed by atoms with Gasteiger partial charge in [0.2, 0.25) is 0 Å². The molecular weight excluding hydrogens is 294 g/mol. The van der Waals surface area contributed by atoms with Crippen LogP contribution in [0.3, 0.4) is 0 Å². The third-order valence-electron chi connectivity index (χ3n) is 2.67. The summed E-state index contributed by atoms with van der Waals surface area (Å²) in [5.74, 6) is 5.47. The molecule has 0 fully saturated rings. The molecule has 21 heavy (non-hydrogen) atoms. The molecule has 4 heteroatoms. The molecular formula is C17H13ClF2O. The third kappa shape index (κ3) is 4.77. The number of halogens is 3. The lowest BCUT2D eigenvalue weighted by Gasteiger charge is -2.08. The first-order valence-electron chi connectivity index (χ1n) is 6.40. The normalized spacial score (nSPS) is 9.86. The van der Waals surface area contributed by atoms with Crippen molar-refractivity contribution in [1.82, 2.24) is 0 Å². The predicted molar refractivity (Wildman–Crippen MR) is 79.3 cm³/mol. The molecule has 0 aromatic heterocycles. The highest BCUT2D eigenvalue weighted by Gasteiger charge is 2.05. The van der Waals surface area contributed by atoms with Gasteiger partial charge in [0, 0.05) is 17.9 Å². The van der Waals surface area contributed by atoms with Crippen molar-refractivity contribution in [3.63, 3.8) is 0 Å². The van der Waals surface area contributed by atoms with Crippen molar-refractivity contribution >= 4 is 11.6 Å². The molecule has 0 saturated heterocycles. The van der Waals surface area contributed by atoms with Gasteiger partial charge in [0.25, 0.3) is 0 Å². The number of rotatable bonds is 4. The summed E-state index contributed by atoms with van der Waals surface area (Å²) in [5.41, 5.74) is 1.28. The van der Waals surface area contributed by atoms with Crippen LogP contribution in [-0.2, 0) is 6.61 Å². The van der Waals surface area contributed by atoms with E-state index in [4.69, 9.17) is 16.3 Å². The monoisotopic (exact) mass is 306 g/mol. The zero-order chi connectivity index (χ0) is 15.1. The zero-order valence-corrected chi connectivity index (χ0v) is 12.0. The van der Waals surface area contributed by atoms with Gasteiger partial charge in [-0.15, -0.1) is 11.6 Å². The van der Waals surface area contributed by atoms with Crippen LogP contribution in [-0.4, -0.2) is 5.88 Å². The molecule has 0 unspecified atom stereocenters. The molecule has 2 rings (SSSR count). The van der Waals surface area contributed by atoms with Crippen molar-refractivity contribution in [2.24, 2.45) is 0 Å². The molecule has 0 atom stereocenters. The van der Waals surface area contributed by atoms with Crippen molar-refractivity contribution < 1.29 is 13.5 Å². The van der Waals surface area contributed by atoms with E-state index in [-0.39, 0.29) is 18.2 Å². The zero-order valence-electron chi connectivity index (χ0n) is 11.2. The average molecular weight is 307 g/mol. The molecule has 0 amide bonds. The fraction of sp³-hybridized carbons (Fsp3) is 0.176. The first-order valence-corrected chi connectivity index (χ1v) is 6.94. The minimum atomic E-state index is -0.478. The highest BCUT2D eigenvalue weighted by Crippen LogP contribution is 2.20. The molecule has 0 aliphatic rings. The molecule has 0 saturated carbocycles. The summed E-state index contributed by atoms with van der Waals surface area (Å²) in [4.78, 5) is 0. The van der Waals surface area contributed by atoms with Gasteiger partial charge in [0.1, 0.15) is 12.4 Å². The minimum absolute atomic E-state index is 0.0905. The van der Waals surface area contributed by atoms with Crippen LogP contribution in [0.2, 0.25) is 0 Å². The van der Waals surface area contributed by atoms with Crippen LogP contribution in [0.4, 0.5) is 8.78 Å². The number of hydrogen-bond acceptors (Lipinski definition) is 1. The van der Waals surface area contributed by atoms with E-state index in [1.807, 2.05) is 0 Å². The Bertz CT molecular complexity index is 674. The average Bonchev–Trinajstić information content (AvgIpc) is 2.48. The lowest BCUT2D eigenvalue weighted by molar-refractivity contribution is 0.289. The molecule has 0 radical (unpaired) electrons. The number of alkyl halides is 1. The van der Waals surface area contributed by atoms with E-state index in [1.165, 1.54) is 24.3 Å². The van der Waals surface area contributed by atoms with Gasteiger partial charge < -0.3 is 4.74 Å². The van der Waals surface area contributed by atoms with Gasteiger partial charge in [0.15, 0.2) is 11.6 Å². The Balaban J connectivity index is 2.09. The summed E-state index contributed by atoms with van der Waals surface area (Å²) in [6.07, 6.45) is 0.568. The van der Waals surface area contributed by atoms with Crippen LogP contribution in [0.5, 0.6) is 5.75 Å². The molecule has 2 aromatic carbocycles. The lowest BCUT2D eigenvalue weighted by Crippen LogP contribution is -1.98. The largest absolute Gasteiger partial charge is 0.486 e.